The zero-order valence-corrected chi connectivity index (χ0v) is 16.3. The lowest BCUT2D eigenvalue weighted by Gasteiger charge is -2.29. The van der Waals surface area contributed by atoms with Crippen molar-refractivity contribution in [3.05, 3.63) is 30.2 Å². The third-order valence-electron chi connectivity index (χ3n) is 4.43. The topological polar surface area (TPSA) is 113 Å². The van der Waals surface area contributed by atoms with Gasteiger partial charge in [-0.25, -0.2) is 19.7 Å². The largest absolute Gasteiger partial charge is 0.474 e. The van der Waals surface area contributed by atoms with Gasteiger partial charge in [-0.1, -0.05) is 0 Å². The van der Waals surface area contributed by atoms with Crippen LogP contribution in [-0.2, 0) is 0 Å². The van der Waals surface area contributed by atoms with Crippen LogP contribution >= 0.6 is 0 Å². The Kier molecular flexibility index (Phi) is 6.13. The number of carboxylic acid groups (broad SMARTS) is 1. The second-order valence-corrected chi connectivity index (χ2v) is 7.08. The Hall–Kier alpha value is -3.10. The Morgan fingerprint density at radius 1 is 1.25 bits per heavy atom. The molecule has 150 valence electrons. The molecule has 1 aliphatic rings. The summed E-state index contributed by atoms with van der Waals surface area (Å²) in [5.74, 6) is 1.91. The smallest absolute Gasteiger partial charge is 0.407 e. The number of hydrogen-bond acceptors (Lipinski definition) is 7. The van der Waals surface area contributed by atoms with E-state index in [1.54, 1.807) is 6.07 Å². The first-order valence-electron chi connectivity index (χ1n) is 9.38. The summed E-state index contributed by atoms with van der Waals surface area (Å²) < 4.78 is 5.92. The minimum Gasteiger partial charge on any atom is -0.474 e. The van der Waals surface area contributed by atoms with Gasteiger partial charge in [0.05, 0.1) is 11.4 Å². The average Bonchev–Trinajstić information content (AvgIpc) is 2.64. The zero-order chi connectivity index (χ0) is 20.1. The van der Waals surface area contributed by atoms with E-state index in [1.807, 2.05) is 19.1 Å². The van der Waals surface area contributed by atoms with Crippen molar-refractivity contribution in [3.8, 4) is 5.88 Å². The number of hydrogen-bond donors (Lipinski definition) is 3. The zero-order valence-electron chi connectivity index (χ0n) is 16.3. The number of carbonyl (C=O) groups is 1. The van der Waals surface area contributed by atoms with Gasteiger partial charge in [0, 0.05) is 38.0 Å². The highest BCUT2D eigenvalue weighted by atomic mass is 16.5. The fourth-order valence-electron chi connectivity index (χ4n) is 3.02. The van der Waals surface area contributed by atoms with Crippen molar-refractivity contribution < 1.29 is 14.6 Å². The first-order chi connectivity index (χ1) is 13.4. The molecule has 0 saturated carbocycles. The minimum absolute atomic E-state index is 0.0526. The Bertz CT molecular complexity index is 821. The van der Waals surface area contributed by atoms with Crippen molar-refractivity contribution >= 4 is 23.4 Å². The first-order valence-corrected chi connectivity index (χ1v) is 9.38. The SMILES string of the molecule is Cc1nc(NC(C)C)ccc1Nc1cc(OC2CCN(C(=O)O)CC2)ncn1. The highest BCUT2D eigenvalue weighted by Crippen LogP contribution is 2.23. The first kappa shape index (κ1) is 19.7. The number of pyridine rings is 1. The van der Waals surface area contributed by atoms with Gasteiger partial charge in [-0.15, -0.1) is 0 Å². The van der Waals surface area contributed by atoms with Crippen LogP contribution in [0.25, 0.3) is 0 Å². The van der Waals surface area contributed by atoms with Crippen molar-refractivity contribution in [1.29, 1.82) is 0 Å². The second-order valence-electron chi connectivity index (χ2n) is 7.08. The van der Waals surface area contributed by atoms with Gasteiger partial charge in [-0.2, -0.15) is 0 Å². The molecule has 2 aromatic heterocycles. The molecule has 3 rings (SSSR count). The number of likely N-dealkylation sites (tertiary alicyclic amines) is 1. The van der Waals surface area contributed by atoms with Gasteiger partial charge in [0.2, 0.25) is 5.88 Å². The number of amides is 1. The lowest BCUT2D eigenvalue weighted by atomic mass is 10.1. The molecule has 0 radical (unpaired) electrons. The van der Waals surface area contributed by atoms with Crippen molar-refractivity contribution in [3.63, 3.8) is 0 Å². The van der Waals surface area contributed by atoms with E-state index in [4.69, 9.17) is 9.84 Å². The van der Waals surface area contributed by atoms with Gasteiger partial charge in [-0.3, -0.25) is 0 Å². The summed E-state index contributed by atoms with van der Waals surface area (Å²) in [6.45, 7) is 7.01. The Morgan fingerprint density at radius 3 is 2.64 bits per heavy atom. The van der Waals surface area contributed by atoms with Crippen molar-refractivity contribution in [2.24, 2.45) is 0 Å². The molecule has 3 heterocycles. The summed E-state index contributed by atoms with van der Waals surface area (Å²) in [5, 5.41) is 15.5. The van der Waals surface area contributed by atoms with Crippen molar-refractivity contribution in [2.45, 2.75) is 45.8 Å². The number of anilines is 3. The molecule has 9 heteroatoms. The number of aromatic nitrogens is 3. The van der Waals surface area contributed by atoms with Gasteiger partial charge in [0.25, 0.3) is 0 Å². The maximum Gasteiger partial charge on any atom is 0.407 e. The van der Waals surface area contributed by atoms with E-state index in [0.29, 0.717) is 43.7 Å². The van der Waals surface area contributed by atoms with Gasteiger partial charge in [0.1, 0.15) is 24.1 Å². The Balaban J connectivity index is 1.61. The van der Waals surface area contributed by atoms with Crippen LogP contribution in [0.1, 0.15) is 32.4 Å². The summed E-state index contributed by atoms with van der Waals surface area (Å²) in [6, 6.07) is 5.93. The van der Waals surface area contributed by atoms with E-state index in [2.05, 4.69) is 39.4 Å². The lowest BCUT2D eigenvalue weighted by Crippen LogP contribution is -2.41. The summed E-state index contributed by atoms with van der Waals surface area (Å²) in [5.41, 5.74) is 1.71. The molecule has 1 fully saturated rings. The van der Waals surface area contributed by atoms with Gasteiger partial charge in [0.15, 0.2) is 0 Å². The minimum atomic E-state index is -0.884. The molecule has 0 aromatic carbocycles. The van der Waals surface area contributed by atoms with E-state index < -0.39 is 6.09 Å². The predicted octanol–water partition coefficient (Wildman–Crippen LogP) is 3.27. The summed E-state index contributed by atoms with van der Waals surface area (Å²) in [7, 11) is 0. The Morgan fingerprint density at radius 2 is 2.00 bits per heavy atom. The molecule has 1 aliphatic heterocycles. The van der Waals surface area contributed by atoms with Crippen LogP contribution in [0.4, 0.5) is 22.1 Å². The molecule has 0 unspecified atom stereocenters. The van der Waals surface area contributed by atoms with E-state index in [1.165, 1.54) is 11.2 Å². The van der Waals surface area contributed by atoms with Crippen molar-refractivity contribution in [2.75, 3.05) is 23.7 Å². The molecular weight excluding hydrogens is 360 g/mol. The number of piperidine rings is 1. The molecule has 0 spiro atoms. The average molecular weight is 386 g/mol. The third kappa shape index (κ3) is 5.21. The molecule has 0 aliphatic carbocycles. The highest BCUT2D eigenvalue weighted by molar-refractivity contribution is 5.65. The number of aryl methyl sites for hydroxylation is 1. The summed E-state index contributed by atoms with van der Waals surface area (Å²) >= 11 is 0. The van der Waals surface area contributed by atoms with E-state index in [0.717, 1.165) is 17.2 Å². The number of rotatable bonds is 6. The molecule has 28 heavy (non-hydrogen) atoms. The van der Waals surface area contributed by atoms with E-state index in [-0.39, 0.29) is 6.10 Å². The monoisotopic (exact) mass is 386 g/mol. The van der Waals surface area contributed by atoms with E-state index in [9.17, 15) is 4.79 Å². The van der Waals surface area contributed by atoms with Crippen molar-refractivity contribution in [1.82, 2.24) is 19.9 Å². The van der Waals surface area contributed by atoms with Crippen LogP contribution in [0, 0.1) is 6.92 Å². The fourth-order valence-corrected chi connectivity index (χ4v) is 3.02. The van der Waals surface area contributed by atoms with Crippen LogP contribution in [0.5, 0.6) is 5.88 Å². The third-order valence-corrected chi connectivity index (χ3v) is 4.43. The van der Waals surface area contributed by atoms with Crippen LogP contribution in [0.15, 0.2) is 24.5 Å². The molecule has 0 bridgehead atoms. The summed E-state index contributed by atoms with van der Waals surface area (Å²) in [6.07, 6.45) is 1.80. The number of ether oxygens (including phenoxy) is 1. The quantitative estimate of drug-likeness (QED) is 0.693. The fraction of sp³-hybridized carbons (Fsp3) is 0.474. The predicted molar refractivity (Wildman–Crippen MR) is 106 cm³/mol. The molecule has 1 saturated heterocycles. The molecule has 9 nitrogen and oxygen atoms in total. The number of nitrogens with one attached hydrogen (secondary N) is 2. The lowest BCUT2D eigenvalue weighted by molar-refractivity contribution is 0.0870. The van der Waals surface area contributed by atoms with Gasteiger partial charge < -0.3 is 25.4 Å². The van der Waals surface area contributed by atoms with Crippen LogP contribution in [0.2, 0.25) is 0 Å². The number of nitrogens with zero attached hydrogens (tertiary/aromatic N) is 4. The Labute approximate surface area is 164 Å². The maximum atomic E-state index is 11.0. The normalized spacial score (nSPS) is 14.8. The second kappa shape index (κ2) is 8.73. The van der Waals surface area contributed by atoms with E-state index >= 15 is 0 Å². The van der Waals surface area contributed by atoms with Gasteiger partial charge in [-0.05, 0) is 32.9 Å². The maximum absolute atomic E-state index is 11.0. The van der Waals surface area contributed by atoms with Gasteiger partial charge >= 0.3 is 6.09 Å². The summed E-state index contributed by atoms with van der Waals surface area (Å²) in [4.78, 5) is 25.3. The standard InChI is InChI=1S/C19H26N6O3/c1-12(2)22-16-5-4-15(13(3)23-16)24-17-10-18(21-11-20-17)28-14-6-8-25(9-7-14)19(26)27/h4-5,10-12,14H,6-9H2,1-3H3,(H,22,23)(H,26,27)(H,20,21,24). The van der Waals surface area contributed by atoms with Crippen LogP contribution < -0.4 is 15.4 Å². The highest BCUT2D eigenvalue weighted by Gasteiger charge is 2.23. The molecule has 2 aromatic rings. The molecular formula is C19H26N6O3. The van der Waals surface area contributed by atoms with Crippen LogP contribution in [0.3, 0.4) is 0 Å². The molecule has 1 amide bonds. The molecule has 0 atom stereocenters. The molecule has 3 N–H and O–H groups in total. The van der Waals surface area contributed by atoms with Crippen LogP contribution in [-0.4, -0.2) is 56.3 Å².